The summed E-state index contributed by atoms with van der Waals surface area (Å²) < 4.78 is 5.66. The van der Waals surface area contributed by atoms with E-state index in [0.29, 0.717) is 5.91 Å². The summed E-state index contributed by atoms with van der Waals surface area (Å²) in [5.41, 5.74) is 0.273. The van der Waals surface area contributed by atoms with Gasteiger partial charge in [-0.05, 0) is 62.6 Å². The van der Waals surface area contributed by atoms with Crippen LogP contribution >= 0.6 is 0 Å². The predicted molar refractivity (Wildman–Crippen MR) is 79.6 cm³/mol. The molecule has 3 aliphatic rings. The Balaban J connectivity index is 1.29. The predicted octanol–water partition coefficient (Wildman–Crippen LogP) is 2.33. The minimum atomic E-state index is 0.264. The summed E-state index contributed by atoms with van der Waals surface area (Å²) in [7, 11) is 0. The third kappa shape index (κ3) is 2.73. The van der Waals surface area contributed by atoms with E-state index < -0.39 is 0 Å². The lowest BCUT2D eigenvalue weighted by molar-refractivity contribution is -0.123. The van der Waals surface area contributed by atoms with Crippen LogP contribution in [0.2, 0.25) is 0 Å². The van der Waals surface area contributed by atoms with Gasteiger partial charge in [0.15, 0.2) is 0 Å². The highest BCUT2D eigenvalue weighted by Crippen LogP contribution is 2.58. The van der Waals surface area contributed by atoms with Crippen LogP contribution < -0.4 is 5.32 Å². The molecule has 1 aliphatic heterocycles. The summed E-state index contributed by atoms with van der Waals surface area (Å²) in [6.07, 6.45) is 4.84. The third-order valence-corrected chi connectivity index (χ3v) is 5.41. The minimum absolute atomic E-state index is 0.264. The lowest BCUT2D eigenvalue weighted by atomic mass is 10.0. The largest absolute Gasteiger partial charge is 0.465 e. The van der Waals surface area contributed by atoms with Crippen molar-refractivity contribution in [2.75, 3.05) is 19.6 Å². The fourth-order valence-corrected chi connectivity index (χ4v) is 3.77. The molecule has 2 aliphatic carbocycles. The number of amides is 1. The number of carbonyl (C=O) groups is 1. The van der Waals surface area contributed by atoms with Crippen LogP contribution in [0.25, 0.3) is 0 Å². The van der Waals surface area contributed by atoms with Gasteiger partial charge in [-0.3, -0.25) is 9.69 Å². The number of furan rings is 1. The quantitative estimate of drug-likeness (QED) is 0.904. The molecule has 4 nitrogen and oxygen atoms in total. The van der Waals surface area contributed by atoms with Gasteiger partial charge < -0.3 is 9.73 Å². The summed E-state index contributed by atoms with van der Waals surface area (Å²) in [6.45, 7) is 5.91. The molecule has 4 rings (SSSR count). The summed E-state index contributed by atoms with van der Waals surface area (Å²) in [5, 5.41) is 3.15. The topological polar surface area (TPSA) is 45.5 Å². The molecule has 2 atom stereocenters. The number of likely N-dealkylation sites (tertiary alicyclic amines) is 1. The number of rotatable bonds is 5. The minimum Gasteiger partial charge on any atom is -0.465 e. The zero-order chi connectivity index (χ0) is 14.4. The van der Waals surface area contributed by atoms with Gasteiger partial charge in [0, 0.05) is 19.0 Å². The van der Waals surface area contributed by atoms with Crippen molar-refractivity contribution >= 4 is 5.91 Å². The Kier molecular flexibility index (Phi) is 3.10. The number of hydrogen-bond donors (Lipinski definition) is 1. The second-order valence-electron chi connectivity index (χ2n) is 7.28. The van der Waals surface area contributed by atoms with Crippen molar-refractivity contribution in [1.29, 1.82) is 0 Å². The molecule has 114 valence electrons. The number of nitrogens with zero attached hydrogens (tertiary/aromatic N) is 1. The molecule has 1 aromatic heterocycles. The first-order chi connectivity index (χ1) is 10.1. The Morgan fingerprint density at radius 2 is 2.33 bits per heavy atom. The van der Waals surface area contributed by atoms with Crippen molar-refractivity contribution < 1.29 is 9.21 Å². The highest BCUT2D eigenvalue weighted by molar-refractivity contribution is 5.82. The van der Waals surface area contributed by atoms with Gasteiger partial charge in [-0.15, -0.1) is 0 Å². The summed E-state index contributed by atoms with van der Waals surface area (Å²) in [6, 6.07) is 4.08. The van der Waals surface area contributed by atoms with E-state index in [4.69, 9.17) is 4.42 Å². The standard InChI is InChI=1S/C17H24N2O2/c1-12-2-5-14(21-12)10-19-7-6-17(11-19)8-15(17)16(20)18-9-13-3-4-13/h2,5,13,15H,3-4,6-11H2,1H3,(H,18,20)/t15-,17-/m1/s1. The summed E-state index contributed by atoms with van der Waals surface area (Å²) in [4.78, 5) is 14.7. The molecule has 3 fully saturated rings. The van der Waals surface area contributed by atoms with Crippen LogP contribution in [0, 0.1) is 24.2 Å². The molecule has 21 heavy (non-hydrogen) atoms. The van der Waals surface area contributed by atoms with Crippen molar-refractivity contribution in [2.45, 2.75) is 39.2 Å². The lowest BCUT2D eigenvalue weighted by Gasteiger charge is -2.14. The van der Waals surface area contributed by atoms with Gasteiger partial charge in [-0.25, -0.2) is 0 Å². The zero-order valence-corrected chi connectivity index (χ0v) is 12.7. The molecule has 2 heterocycles. The molecule has 0 unspecified atom stereocenters. The Labute approximate surface area is 125 Å². The van der Waals surface area contributed by atoms with Crippen LogP contribution in [0.3, 0.4) is 0 Å². The number of aryl methyl sites for hydroxylation is 1. The smallest absolute Gasteiger partial charge is 0.223 e. The highest BCUT2D eigenvalue weighted by atomic mass is 16.3. The molecule has 1 amide bonds. The molecule has 1 spiro atoms. The fraction of sp³-hybridized carbons (Fsp3) is 0.706. The van der Waals surface area contributed by atoms with Crippen LogP contribution in [-0.4, -0.2) is 30.4 Å². The van der Waals surface area contributed by atoms with E-state index in [1.165, 1.54) is 12.8 Å². The van der Waals surface area contributed by atoms with Crippen LogP contribution in [0.1, 0.15) is 37.2 Å². The number of nitrogens with one attached hydrogen (secondary N) is 1. The Hall–Kier alpha value is -1.29. The first-order valence-corrected chi connectivity index (χ1v) is 8.20. The van der Waals surface area contributed by atoms with E-state index in [2.05, 4.69) is 16.3 Å². The van der Waals surface area contributed by atoms with Crippen LogP contribution in [0.5, 0.6) is 0 Å². The third-order valence-electron chi connectivity index (χ3n) is 5.41. The molecular weight excluding hydrogens is 264 g/mol. The monoisotopic (exact) mass is 288 g/mol. The number of carbonyl (C=O) groups excluding carboxylic acids is 1. The van der Waals surface area contributed by atoms with Crippen LogP contribution in [-0.2, 0) is 11.3 Å². The molecule has 1 aromatic rings. The first kappa shape index (κ1) is 13.4. The molecule has 4 heteroatoms. The van der Waals surface area contributed by atoms with Crippen molar-refractivity contribution in [3.63, 3.8) is 0 Å². The molecule has 2 saturated carbocycles. The van der Waals surface area contributed by atoms with E-state index in [0.717, 1.165) is 56.5 Å². The van der Waals surface area contributed by atoms with Gasteiger partial charge in [0.25, 0.3) is 0 Å². The molecule has 0 radical (unpaired) electrons. The van der Waals surface area contributed by atoms with Crippen molar-refractivity contribution in [3.8, 4) is 0 Å². The second kappa shape index (κ2) is 4.87. The molecular formula is C17H24N2O2. The van der Waals surface area contributed by atoms with E-state index in [9.17, 15) is 4.79 Å². The average molecular weight is 288 g/mol. The SMILES string of the molecule is Cc1ccc(CN2CC[C@@]3(C[C@@H]3C(=O)NCC3CC3)C2)o1. The van der Waals surface area contributed by atoms with E-state index in [-0.39, 0.29) is 11.3 Å². The van der Waals surface area contributed by atoms with Crippen molar-refractivity contribution in [3.05, 3.63) is 23.7 Å². The van der Waals surface area contributed by atoms with Gasteiger partial charge in [-0.2, -0.15) is 0 Å². The molecule has 0 aromatic carbocycles. The van der Waals surface area contributed by atoms with Gasteiger partial charge >= 0.3 is 0 Å². The second-order valence-corrected chi connectivity index (χ2v) is 7.28. The van der Waals surface area contributed by atoms with Gasteiger partial charge in [0.1, 0.15) is 11.5 Å². The van der Waals surface area contributed by atoms with E-state index in [1.807, 2.05) is 13.0 Å². The molecule has 1 saturated heterocycles. The highest BCUT2D eigenvalue weighted by Gasteiger charge is 2.60. The summed E-state index contributed by atoms with van der Waals surface area (Å²) >= 11 is 0. The Bertz CT molecular complexity index is 549. The first-order valence-electron chi connectivity index (χ1n) is 8.20. The maximum atomic E-state index is 12.2. The molecule has 0 bridgehead atoms. The Morgan fingerprint density at radius 1 is 1.48 bits per heavy atom. The zero-order valence-electron chi connectivity index (χ0n) is 12.7. The maximum absolute atomic E-state index is 12.2. The Morgan fingerprint density at radius 3 is 3.05 bits per heavy atom. The van der Waals surface area contributed by atoms with Gasteiger partial charge in [0.2, 0.25) is 5.91 Å². The summed E-state index contributed by atoms with van der Waals surface area (Å²) in [5.74, 6) is 3.35. The average Bonchev–Trinajstić information content (AvgIpc) is 3.32. The van der Waals surface area contributed by atoms with Crippen molar-refractivity contribution in [2.24, 2.45) is 17.3 Å². The van der Waals surface area contributed by atoms with E-state index >= 15 is 0 Å². The fourth-order valence-electron chi connectivity index (χ4n) is 3.77. The maximum Gasteiger partial charge on any atom is 0.223 e. The number of hydrogen-bond acceptors (Lipinski definition) is 3. The van der Waals surface area contributed by atoms with Crippen LogP contribution in [0.15, 0.2) is 16.5 Å². The normalized spacial score (nSPS) is 31.8. The van der Waals surface area contributed by atoms with Crippen LogP contribution in [0.4, 0.5) is 0 Å². The van der Waals surface area contributed by atoms with Gasteiger partial charge in [-0.1, -0.05) is 0 Å². The van der Waals surface area contributed by atoms with Gasteiger partial charge in [0.05, 0.1) is 6.54 Å². The lowest BCUT2D eigenvalue weighted by Crippen LogP contribution is -2.30. The van der Waals surface area contributed by atoms with Crippen molar-refractivity contribution in [1.82, 2.24) is 10.2 Å². The van der Waals surface area contributed by atoms with E-state index in [1.54, 1.807) is 0 Å². The molecule has 1 N–H and O–H groups in total.